The van der Waals surface area contributed by atoms with Crippen LogP contribution in [-0.4, -0.2) is 47.0 Å². The van der Waals surface area contributed by atoms with E-state index in [1.165, 1.54) is 11.3 Å². The average molecular weight is 496 g/mol. The van der Waals surface area contributed by atoms with Gasteiger partial charge in [-0.05, 0) is 53.6 Å². The van der Waals surface area contributed by atoms with Crippen LogP contribution in [0.25, 0.3) is 11.3 Å². The van der Waals surface area contributed by atoms with Gasteiger partial charge in [0.05, 0.1) is 22.8 Å². The molecule has 1 saturated heterocycles. The lowest BCUT2D eigenvalue weighted by Gasteiger charge is -2.36. The third-order valence-corrected chi connectivity index (χ3v) is 7.29. The van der Waals surface area contributed by atoms with Gasteiger partial charge in [0.2, 0.25) is 0 Å². The van der Waals surface area contributed by atoms with E-state index in [2.05, 4.69) is 44.0 Å². The standard InChI is InChI=1S/C29H26ClN5O/c30-26-6-2-4-23-20-35(29(36)28(23)26)25-5-1-3-22(18-25)27-17-21(7-12-32-27)19-33-13-15-34(16-14-33)24-8-10-31-11-9-24/h1-12,17-18H,13-16,19-20H2. The van der Waals surface area contributed by atoms with E-state index in [0.29, 0.717) is 17.1 Å². The summed E-state index contributed by atoms with van der Waals surface area (Å²) in [6.07, 6.45) is 5.58. The SMILES string of the molecule is O=C1c2c(Cl)cccc2CN1c1cccc(-c2cc(CN3CCN(c4ccncc4)CC3)ccn2)c1. The summed E-state index contributed by atoms with van der Waals surface area (Å²) in [7, 11) is 0. The van der Waals surface area contributed by atoms with Gasteiger partial charge in [-0.15, -0.1) is 0 Å². The monoisotopic (exact) mass is 495 g/mol. The van der Waals surface area contributed by atoms with Crippen molar-refractivity contribution in [1.29, 1.82) is 0 Å². The Bertz CT molecular complexity index is 1400. The first kappa shape index (κ1) is 22.7. The predicted molar refractivity (Wildman–Crippen MR) is 143 cm³/mol. The molecule has 4 heterocycles. The molecule has 2 aliphatic rings. The van der Waals surface area contributed by atoms with Gasteiger partial charge >= 0.3 is 0 Å². The van der Waals surface area contributed by atoms with Crippen molar-refractivity contribution in [2.24, 2.45) is 0 Å². The van der Waals surface area contributed by atoms with Crippen molar-refractivity contribution in [3.63, 3.8) is 0 Å². The molecular weight excluding hydrogens is 470 g/mol. The summed E-state index contributed by atoms with van der Waals surface area (Å²) >= 11 is 6.31. The molecule has 0 unspecified atom stereocenters. The second-order valence-electron chi connectivity index (χ2n) is 9.23. The quantitative estimate of drug-likeness (QED) is 0.377. The van der Waals surface area contributed by atoms with Crippen molar-refractivity contribution in [2.45, 2.75) is 13.1 Å². The van der Waals surface area contributed by atoms with Gasteiger partial charge in [0.25, 0.3) is 5.91 Å². The molecule has 6 nitrogen and oxygen atoms in total. The summed E-state index contributed by atoms with van der Waals surface area (Å²) in [5.74, 6) is -0.0552. The summed E-state index contributed by atoms with van der Waals surface area (Å²) in [6.45, 7) is 5.43. The number of nitrogens with zero attached hydrogens (tertiary/aromatic N) is 5. The summed E-state index contributed by atoms with van der Waals surface area (Å²) < 4.78 is 0. The average Bonchev–Trinajstić information content (AvgIpc) is 3.27. The summed E-state index contributed by atoms with van der Waals surface area (Å²) in [4.78, 5) is 28.5. The van der Waals surface area contributed by atoms with E-state index in [-0.39, 0.29) is 5.91 Å². The highest BCUT2D eigenvalue weighted by Crippen LogP contribution is 2.34. The first-order valence-electron chi connectivity index (χ1n) is 12.2. The van der Waals surface area contributed by atoms with E-state index in [1.54, 1.807) is 11.0 Å². The van der Waals surface area contributed by atoms with Crippen molar-refractivity contribution < 1.29 is 4.79 Å². The Hall–Kier alpha value is -3.74. The molecule has 2 aromatic carbocycles. The van der Waals surface area contributed by atoms with E-state index in [1.807, 2.05) is 55.0 Å². The van der Waals surface area contributed by atoms with Gasteiger partial charge in [-0.25, -0.2) is 0 Å². The normalized spacial score (nSPS) is 15.9. The Kier molecular flexibility index (Phi) is 6.13. The van der Waals surface area contributed by atoms with Gasteiger partial charge in [-0.1, -0.05) is 35.9 Å². The van der Waals surface area contributed by atoms with Crippen LogP contribution in [0.3, 0.4) is 0 Å². The molecule has 0 spiro atoms. The van der Waals surface area contributed by atoms with Gasteiger partial charge in [-0.3, -0.25) is 19.7 Å². The minimum absolute atomic E-state index is 0.0552. The number of amides is 1. The van der Waals surface area contributed by atoms with Gasteiger partial charge in [0.15, 0.2) is 0 Å². The molecule has 4 aromatic rings. The number of fused-ring (bicyclic) bond motifs is 1. The number of anilines is 2. The van der Waals surface area contributed by atoms with Crippen molar-refractivity contribution in [3.8, 4) is 11.3 Å². The molecule has 1 fully saturated rings. The van der Waals surface area contributed by atoms with Crippen LogP contribution in [0.2, 0.25) is 5.02 Å². The van der Waals surface area contributed by atoms with Crippen molar-refractivity contribution in [3.05, 3.63) is 107 Å². The van der Waals surface area contributed by atoms with Gasteiger partial charge in [0.1, 0.15) is 0 Å². The van der Waals surface area contributed by atoms with Crippen LogP contribution < -0.4 is 9.80 Å². The van der Waals surface area contributed by atoms with Gasteiger partial charge < -0.3 is 9.80 Å². The zero-order valence-corrected chi connectivity index (χ0v) is 20.6. The molecular formula is C29H26ClN5O. The fourth-order valence-electron chi connectivity index (χ4n) is 5.07. The largest absolute Gasteiger partial charge is 0.369 e. The maximum absolute atomic E-state index is 13.1. The molecule has 2 aliphatic heterocycles. The molecule has 0 aliphatic carbocycles. The topological polar surface area (TPSA) is 52.6 Å². The third-order valence-electron chi connectivity index (χ3n) is 6.97. The van der Waals surface area contributed by atoms with Crippen LogP contribution in [0.1, 0.15) is 21.5 Å². The Balaban J connectivity index is 1.16. The van der Waals surface area contributed by atoms with Crippen molar-refractivity contribution in [2.75, 3.05) is 36.0 Å². The lowest BCUT2D eigenvalue weighted by molar-refractivity contribution is 0.0997. The maximum atomic E-state index is 13.1. The number of benzene rings is 2. The number of carbonyl (C=O) groups excluding carboxylic acids is 1. The summed E-state index contributed by atoms with van der Waals surface area (Å²) in [6, 6.07) is 22.0. The number of piperazine rings is 1. The minimum atomic E-state index is -0.0552. The molecule has 0 atom stereocenters. The fourth-order valence-corrected chi connectivity index (χ4v) is 5.34. The highest BCUT2D eigenvalue weighted by Gasteiger charge is 2.30. The zero-order chi connectivity index (χ0) is 24.5. The molecule has 2 aromatic heterocycles. The molecule has 1 amide bonds. The number of hydrogen-bond acceptors (Lipinski definition) is 5. The molecule has 36 heavy (non-hydrogen) atoms. The Morgan fingerprint density at radius 1 is 0.833 bits per heavy atom. The predicted octanol–water partition coefficient (Wildman–Crippen LogP) is 5.28. The third kappa shape index (κ3) is 4.45. The second-order valence-corrected chi connectivity index (χ2v) is 9.64. The van der Waals surface area contributed by atoms with E-state index >= 15 is 0 Å². The maximum Gasteiger partial charge on any atom is 0.260 e. The number of carbonyl (C=O) groups is 1. The molecule has 7 heteroatoms. The molecule has 0 N–H and O–H groups in total. The summed E-state index contributed by atoms with van der Waals surface area (Å²) in [5.41, 5.74) is 6.79. The van der Waals surface area contributed by atoms with Crippen LogP contribution in [0, 0.1) is 0 Å². The van der Waals surface area contributed by atoms with Crippen LogP contribution >= 0.6 is 11.6 Å². The molecule has 0 radical (unpaired) electrons. The number of hydrogen-bond donors (Lipinski definition) is 0. The van der Waals surface area contributed by atoms with Crippen molar-refractivity contribution >= 4 is 28.9 Å². The molecule has 0 saturated carbocycles. The van der Waals surface area contributed by atoms with E-state index in [9.17, 15) is 4.79 Å². The first-order valence-corrected chi connectivity index (χ1v) is 12.6. The van der Waals surface area contributed by atoms with Crippen molar-refractivity contribution in [1.82, 2.24) is 14.9 Å². The second kappa shape index (κ2) is 9.72. The van der Waals surface area contributed by atoms with Crippen LogP contribution in [-0.2, 0) is 13.1 Å². The number of halogens is 1. The van der Waals surface area contributed by atoms with E-state index in [0.717, 1.165) is 55.2 Å². The van der Waals surface area contributed by atoms with Crippen LogP contribution in [0.4, 0.5) is 11.4 Å². The van der Waals surface area contributed by atoms with Crippen LogP contribution in [0.5, 0.6) is 0 Å². The first-order chi connectivity index (χ1) is 17.7. The van der Waals surface area contributed by atoms with Gasteiger partial charge in [-0.2, -0.15) is 0 Å². The fraction of sp³-hybridized carbons (Fsp3) is 0.207. The minimum Gasteiger partial charge on any atom is -0.369 e. The molecule has 180 valence electrons. The Morgan fingerprint density at radius 3 is 2.44 bits per heavy atom. The number of rotatable bonds is 5. The van der Waals surface area contributed by atoms with Crippen LogP contribution in [0.15, 0.2) is 85.3 Å². The number of aromatic nitrogens is 2. The zero-order valence-electron chi connectivity index (χ0n) is 19.8. The smallest absolute Gasteiger partial charge is 0.260 e. The molecule has 0 bridgehead atoms. The summed E-state index contributed by atoms with van der Waals surface area (Å²) in [5, 5.41) is 0.507. The van der Waals surface area contributed by atoms with E-state index in [4.69, 9.17) is 11.6 Å². The lowest BCUT2D eigenvalue weighted by Crippen LogP contribution is -2.45. The van der Waals surface area contributed by atoms with E-state index < -0.39 is 0 Å². The highest BCUT2D eigenvalue weighted by atomic mass is 35.5. The van der Waals surface area contributed by atoms with Gasteiger partial charge in [0, 0.05) is 68.3 Å². The Labute approximate surface area is 215 Å². The molecule has 6 rings (SSSR count). The lowest BCUT2D eigenvalue weighted by atomic mass is 10.1. The Morgan fingerprint density at radius 2 is 1.64 bits per heavy atom. The highest BCUT2D eigenvalue weighted by molar-refractivity contribution is 6.35. The number of pyridine rings is 2.